The van der Waals surface area contributed by atoms with Crippen molar-refractivity contribution in [3.8, 4) is 5.75 Å². The topological polar surface area (TPSA) is 65.0 Å². The Hall–Kier alpha value is -3.22. The van der Waals surface area contributed by atoms with Crippen LogP contribution in [0.15, 0.2) is 81.9 Å². The number of nitrogens with zero attached hydrogens (tertiary/aromatic N) is 1. The van der Waals surface area contributed by atoms with Gasteiger partial charge in [-0.2, -0.15) is 0 Å². The summed E-state index contributed by atoms with van der Waals surface area (Å²) in [5, 5.41) is 0.568. The minimum atomic E-state index is -0.596. The van der Waals surface area contributed by atoms with Gasteiger partial charge in [0, 0.05) is 20.6 Å². The van der Waals surface area contributed by atoms with Crippen molar-refractivity contribution in [2.24, 2.45) is 4.99 Å². The van der Waals surface area contributed by atoms with E-state index in [1.165, 1.54) is 6.08 Å². The third kappa shape index (κ3) is 4.93. The Morgan fingerprint density at radius 1 is 1.10 bits per heavy atom. The van der Waals surface area contributed by atoms with Crippen LogP contribution in [-0.2, 0) is 9.53 Å². The first-order chi connectivity index (χ1) is 14.9. The van der Waals surface area contributed by atoms with Crippen LogP contribution in [0, 0.1) is 6.92 Å². The van der Waals surface area contributed by atoms with Crippen molar-refractivity contribution in [3.05, 3.63) is 104 Å². The maximum atomic E-state index is 12.6. The highest BCUT2D eigenvalue weighted by Gasteiger charge is 2.25. The normalized spacial score (nSPS) is 14.4. The number of carbonyl (C=O) groups is 2. The molecule has 0 fully saturated rings. The smallest absolute Gasteiger partial charge is 0.363 e. The van der Waals surface area contributed by atoms with Crippen molar-refractivity contribution < 1.29 is 19.1 Å². The number of halogens is 2. The monoisotopic (exact) mass is 495 g/mol. The molecule has 0 aliphatic carbocycles. The molecule has 0 bridgehead atoms. The minimum absolute atomic E-state index is 0.0934. The zero-order valence-electron chi connectivity index (χ0n) is 16.3. The lowest BCUT2D eigenvalue weighted by Crippen LogP contribution is -2.09. The second-order valence-electron chi connectivity index (χ2n) is 6.78. The molecule has 0 spiro atoms. The van der Waals surface area contributed by atoms with Gasteiger partial charge in [-0.25, -0.2) is 14.6 Å². The van der Waals surface area contributed by atoms with Gasteiger partial charge in [-0.1, -0.05) is 45.2 Å². The zero-order chi connectivity index (χ0) is 22.0. The van der Waals surface area contributed by atoms with Gasteiger partial charge in [0.1, 0.15) is 5.75 Å². The molecule has 1 aliphatic rings. The number of aliphatic imine (C=N–C) groups is 1. The van der Waals surface area contributed by atoms with E-state index in [4.69, 9.17) is 21.1 Å². The molecule has 7 heteroatoms. The van der Waals surface area contributed by atoms with Gasteiger partial charge in [0.15, 0.2) is 5.70 Å². The molecule has 3 aromatic carbocycles. The van der Waals surface area contributed by atoms with Crippen molar-refractivity contribution in [2.75, 3.05) is 0 Å². The molecule has 0 saturated heterocycles. The van der Waals surface area contributed by atoms with Gasteiger partial charge in [-0.05, 0) is 67.6 Å². The average molecular weight is 497 g/mol. The fraction of sp³-hybridized carbons (Fsp3) is 0.0417. The number of cyclic esters (lactones) is 1. The molecule has 0 unspecified atom stereocenters. The SMILES string of the molecule is Cc1cccc(C(=O)Oc2ccc(Br)cc2/C=C2/N=C(c3ccc(Cl)cc3)OC2=O)c1. The molecule has 5 nitrogen and oxygen atoms in total. The van der Waals surface area contributed by atoms with Crippen molar-refractivity contribution >= 4 is 51.4 Å². The molecule has 0 atom stereocenters. The van der Waals surface area contributed by atoms with Gasteiger partial charge < -0.3 is 9.47 Å². The van der Waals surface area contributed by atoms with Gasteiger partial charge in [-0.3, -0.25) is 0 Å². The van der Waals surface area contributed by atoms with E-state index in [1.54, 1.807) is 60.7 Å². The minimum Gasteiger partial charge on any atom is -0.422 e. The summed E-state index contributed by atoms with van der Waals surface area (Å²) < 4.78 is 11.6. The summed E-state index contributed by atoms with van der Waals surface area (Å²) in [5.74, 6) is -0.614. The van der Waals surface area contributed by atoms with E-state index in [0.717, 1.165) is 10.0 Å². The Morgan fingerprint density at radius 2 is 1.87 bits per heavy atom. The summed E-state index contributed by atoms with van der Waals surface area (Å²) in [6.45, 7) is 1.90. The molecular weight excluding hydrogens is 482 g/mol. The molecule has 154 valence electrons. The van der Waals surface area contributed by atoms with Gasteiger partial charge in [0.05, 0.1) is 5.56 Å². The van der Waals surface area contributed by atoms with E-state index in [9.17, 15) is 9.59 Å². The third-order valence-corrected chi connectivity index (χ3v) is 5.18. The number of benzene rings is 3. The molecule has 0 radical (unpaired) electrons. The second kappa shape index (κ2) is 8.88. The molecule has 0 saturated carbocycles. The number of hydrogen-bond acceptors (Lipinski definition) is 5. The Kier molecular flexibility index (Phi) is 6.02. The molecule has 3 aromatic rings. The van der Waals surface area contributed by atoms with Gasteiger partial charge >= 0.3 is 11.9 Å². The average Bonchev–Trinajstić information content (AvgIpc) is 3.10. The van der Waals surface area contributed by atoms with Gasteiger partial charge in [0.25, 0.3) is 0 Å². The molecular formula is C24H15BrClNO4. The first-order valence-electron chi connectivity index (χ1n) is 9.26. The fourth-order valence-electron chi connectivity index (χ4n) is 2.93. The zero-order valence-corrected chi connectivity index (χ0v) is 18.6. The lowest BCUT2D eigenvalue weighted by atomic mass is 10.1. The summed E-state index contributed by atoms with van der Waals surface area (Å²) in [6.07, 6.45) is 1.52. The third-order valence-electron chi connectivity index (χ3n) is 4.43. The molecule has 0 amide bonds. The van der Waals surface area contributed by atoms with Crippen LogP contribution in [0.25, 0.3) is 6.08 Å². The predicted octanol–water partition coefficient (Wildman–Crippen LogP) is 5.97. The van der Waals surface area contributed by atoms with Gasteiger partial charge in [0.2, 0.25) is 5.90 Å². The van der Waals surface area contributed by atoms with E-state index in [2.05, 4.69) is 20.9 Å². The number of aryl methyl sites for hydroxylation is 1. The quantitative estimate of drug-likeness (QED) is 0.253. The van der Waals surface area contributed by atoms with E-state index in [1.807, 2.05) is 13.0 Å². The molecule has 4 rings (SSSR count). The summed E-state index contributed by atoms with van der Waals surface area (Å²) in [7, 11) is 0. The van der Waals surface area contributed by atoms with Crippen LogP contribution in [0.1, 0.15) is 27.0 Å². The van der Waals surface area contributed by atoms with Crippen LogP contribution in [0.5, 0.6) is 5.75 Å². The Morgan fingerprint density at radius 3 is 2.61 bits per heavy atom. The molecule has 31 heavy (non-hydrogen) atoms. The van der Waals surface area contributed by atoms with Gasteiger partial charge in [-0.15, -0.1) is 0 Å². The predicted molar refractivity (Wildman–Crippen MR) is 122 cm³/mol. The highest BCUT2D eigenvalue weighted by molar-refractivity contribution is 9.10. The van der Waals surface area contributed by atoms with Crippen LogP contribution >= 0.6 is 27.5 Å². The van der Waals surface area contributed by atoms with Crippen molar-refractivity contribution in [1.29, 1.82) is 0 Å². The fourth-order valence-corrected chi connectivity index (χ4v) is 3.43. The van der Waals surface area contributed by atoms with Crippen molar-refractivity contribution in [2.45, 2.75) is 6.92 Å². The second-order valence-corrected chi connectivity index (χ2v) is 8.14. The number of carbonyl (C=O) groups excluding carboxylic acids is 2. The number of esters is 2. The van der Waals surface area contributed by atoms with Crippen molar-refractivity contribution in [1.82, 2.24) is 0 Å². The maximum absolute atomic E-state index is 12.6. The van der Waals surface area contributed by atoms with E-state index in [0.29, 0.717) is 27.5 Å². The van der Waals surface area contributed by atoms with Crippen LogP contribution in [0.3, 0.4) is 0 Å². The maximum Gasteiger partial charge on any atom is 0.363 e. The van der Waals surface area contributed by atoms with Crippen LogP contribution in [0.2, 0.25) is 5.02 Å². The first kappa shape index (κ1) is 21.0. The highest BCUT2D eigenvalue weighted by Crippen LogP contribution is 2.28. The number of ether oxygens (including phenoxy) is 2. The lowest BCUT2D eigenvalue weighted by Gasteiger charge is -2.09. The highest BCUT2D eigenvalue weighted by atomic mass is 79.9. The van der Waals surface area contributed by atoms with E-state index in [-0.39, 0.29) is 11.6 Å². The summed E-state index contributed by atoms with van der Waals surface area (Å²) in [6, 6.07) is 19.0. The Balaban J connectivity index is 1.65. The lowest BCUT2D eigenvalue weighted by molar-refractivity contribution is -0.129. The van der Waals surface area contributed by atoms with E-state index >= 15 is 0 Å². The molecule has 1 heterocycles. The Labute approximate surface area is 192 Å². The summed E-state index contributed by atoms with van der Waals surface area (Å²) in [5.41, 5.74) is 2.61. The molecule has 0 N–H and O–H groups in total. The van der Waals surface area contributed by atoms with Crippen molar-refractivity contribution in [3.63, 3.8) is 0 Å². The van der Waals surface area contributed by atoms with E-state index < -0.39 is 11.9 Å². The van der Waals surface area contributed by atoms with Crippen LogP contribution in [-0.4, -0.2) is 17.8 Å². The summed E-state index contributed by atoms with van der Waals surface area (Å²) >= 11 is 9.31. The van der Waals surface area contributed by atoms with Crippen LogP contribution in [0.4, 0.5) is 0 Å². The number of rotatable bonds is 4. The Bertz CT molecular complexity index is 1250. The largest absolute Gasteiger partial charge is 0.422 e. The summed E-state index contributed by atoms with van der Waals surface area (Å²) in [4.78, 5) is 29.2. The van der Waals surface area contributed by atoms with Crippen LogP contribution < -0.4 is 4.74 Å². The number of hydrogen-bond donors (Lipinski definition) is 0. The molecule has 0 aromatic heterocycles. The standard InChI is InChI=1S/C24H15BrClNO4/c1-14-3-2-4-16(11-14)23(28)30-21-10-7-18(25)12-17(21)13-20-24(29)31-22(27-20)15-5-8-19(26)9-6-15/h2-13H,1H3/b20-13+. The molecule has 1 aliphatic heterocycles. The first-order valence-corrected chi connectivity index (χ1v) is 10.4.